The molecular weight excluding hydrogens is 210 g/mol. The maximum atomic E-state index is 11.1. The maximum absolute atomic E-state index is 11.1. The Morgan fingerprint density at radius 3 is 2.31 bits per heavy atom. The van der Waals surface area contributed by atoms with Crippen molar-refractivity contribution < 1.29 is 14.7 Å². The van der Waals surface area contributed by atoms with Crippen molar-refractivity contribution in [3.8, 4) is 0 Å². The summed E-state index contributed by atoms with van der Waals surface area (Å²) in [6, 6.07) is -0.212. The molecule has 0 aromatic carbocycles. The van der Waals surface area contributed by atoms with E-state index in [1.165, 1.54) is 0 Å². The molecule has 0 aliphatic heterocycles. The molecule has 0 spiro atoms. The molecular formula is C10H21N3O3. The van der Waals surface area contributed by atoms with E-state index >= 15 is 0 Å². The summed E-state index contributed by atoms with van der Waals surface area (Å²) >= 11 is 0. The van der Waals surface area contributed by atoms with Gasteiger partial charge >= 0.3 is 12.0 Å². The first-order valence-corrected chi connectivity index (χ1v) is 5.46. The van der Waals surface area contributed by atoms with Crippen molar-refractivity contribution in [3.63, 3.8) is 0 Å². The van der Waals surface area contributed by atoms with Crippen LogP contribution in [0.3, 0.4) is 0 Å². The van der Waals surface area contributed by atoms with Crippen LogP contribution >= 0.6 is 0 Å². The Hall–Kier alpha value is -1.30. The number of rotatable bonds is 8. The first-order chi connectivity index (χ1) is 7.52. The number of amides is 2. The van der Waals surface area contributed by atoms with E-state index in [2.05, 4.69) is 10.7 Å². The Kier molecular flexibility index (Phi) is 8.24. The van der Waals surface area contributed by atoms with Gasteiger partial charge in [-0.2, -0.15) is 0 Å². The van der Waals surface area contributed by atoms with E-state index in [4.69, 9.17) is 5.11 Å². The number of carbonyl (C=O) groups excluding carboxylic acids is 1. The molecule has 0 bridgehead atoms. The topological polar surface area (TPSA) is 81.7 Å². The SMILES string of the molecule is CN(C)NC(=O)NCCCCCCC(=O)O. The molecule has 0 atom stereocenters. The number of carboxylic acids is 1. The summed E-state index contributed by atoms with van der Waals surface area (Å²) in [6.07, 6.45) is 3.65. The Morgan fingerprint density at radius 2 is 1.75 bits per heavy atom. The van der Waals surface area contributed by atoms with Crippen LogP contribution in [0.1, 0.15) is 32.1 Å². The van der Waals surface area contributed by atoms with Gasteiger partial charge in [-0.3, -0.25) is 10.2 Å². The lowest BCUT2D eigenvalue weighted by atomic mass is 10.1. The van der Waals surface area contributed by atoms with Crippen LogP contribution in [0.2, 0.25) is 0 Å². The largest absolute Gasteiger partial charge is 0.481 e. The predicted molar refractivity (Wildman–Crippen MR) is 60.9 cm³/mol. The van der Waals surface area contributed by atoms with Gasteiger partial charge in [-0.15, -0.1) is 0 Å². The number of hydrogen-bond donors (Lipinski definition) is 3. The maximum Gasteiger partial charge on any atom is 0.329 e. The van der Waals surface area contributed by atoms with E-state index in [1.807, 2.05) is 0 Å². The fourth-order valence-corrected chi connectivity index (χ4v) is 1.20. The summed E-state index contributed by atoms with van der Waals surface area (Å²) in [5.74, 6) is -0.747. The van der Waals surface area contributed by atoms with Crippen molar-refractivity contribution >= 4 is 12.0 Å². The minimum atomic E-state index is -0.747. The standard InChI is InChI=1S/C10H21N3O3/c1-13(2)12-10(16)11-8-6-4-3-5-7-9(14)15/h3-8H2,1-2H3,(H,14,15)(H2,11,12,16). The lowest BCUT2D eigenvalue weighted by Gasteiger charge is -2.12. The van der Waals surface area contributed by atoms with E-state index in [0.717, 1.165) is 19.3 Å². The van der Waals surface area contributed by atoms with Gasteiger partial charge in [0.05, 0.1) is 0 Å². The molecule has 0 saturated heterocycles. The zero-order chi connectivity index (χ0) is 12.4. The molecule has 16 heavy (non-hydrogen) atoms. The summed E-state index contributed by atoms with van der Waals surface area (Å²) < 4.78 is 0. The number of nitrogens with one attached hydrogen (secondary N) is 2. The first-order valence-electron chi connectivity index (χ1n) is 5.46. The Bertz CT molecular complexity index is 219. The monoisotopic (exact) mass is 231 g/mol. The van der Waals surface area contributed by atoms with Gasteiger partial charge in [0.25, 0.3) is 0 Å². The van der Waals surface area contributed by atoms with Crippen LogP contribution in [0.25, 0.3) is 0 Å². The van der Waals surface area contributed by atoms with E-state index in [1.54, 1.807) is 19.1 Å². The zero-order valence-electron chi connectivity index (χ0n) is 9.95. The molecule has 0 aliphatic carbocycles. The molecule has 6 heteroatoms. The van der Waals surface area contributed by atoms with Gasteiger partial charge in [0.2, 0.25) is 0 Å². The van der Waals surface area contributed by atoms with E-state index in [0.29, 0.717) is 13.0 Å². The highest BCUT2D eigenvalue weighted by atomic mass is 16.4. The van der Waals surface area contributed by atoms with Gasteiger partial charge in [0, 0.05) is 27.1 Å². The minimum Gasteiger partial charge on any atom is -0.481 e. The normalized spacial score (nSPS) is 10.2. The van der Waals surface area contributed by atoms with Crippen LogP contribution in [-0.4, -0.2) is 42.8 Å². The minimum absolute atomic E-state index is 0.212. The van der Waals surface area contributed by atoms with Crippen molar-refractivity contribution in [2.75, 3.05) is 20.6 Å². The quantitative estimate of drug-likeness (QED) is 0.426. The Balaban J connectivity index is 3.20. The molecule has 94 valence electrons. The molecule has 0 unspecified atom stereocenters. The number of nitrogens with zero attached hydrogens (tertiary/aromatic N) is 1. The van der Waals surface area contributed by atoms with E-state index < -0.39 is 5.97 Å². The number of hydrazine groups is 1. The summed E-state index contributed by atoms with van der Waals surface area (Å²) in [4.78, 5) is 21.3. The number of carbonyl (C=O) groups is 2. The highest BCUT2D eigenvalue weighted by Gasteiger charge is 2.00. The van der Waals surface area contributed by atoms with Crippen LogP contribution in [0, 0.1) is 0 Å². The molecule has 0 radical (unpaired) electrons. The van der Waals surface area contributed by atoms with Gasteiger partial charge in [-0.1, -0.05) is 12.8 Å². The Morgan fingerprint density at radius 1 is 1.12 bits per heavy atom. The molecule has 6 nitrogen and oxygen atoms in total. The fourth-order valence-electron chi connectivity index (χ4n) is 1.20. The van der Waals surface area contributed by atoms with Gasteiger partial charge in [-0.05, 0) is 12.8 Å². The second-order valence-electron chi connectivity index (χ2n) is 3.82. The number of carboxylic acid groups (broad SMARTS) is 1. The third kappa shape index (κ3) is 10.8. The van der Waals surface area contributed by atoms with Crippen LogP contribution in [-0.2, 0) is 4.79 Å². The molecule has 3 N–H and O–H groups in total. The van der Waals surface area contributed by atoms with Gasteiger partial charge in [0.15, 0.2) is 0 Å². The third-order valence-corrected chi connectivity index (χ3v) is 1.93. The molecule has 0 aromatic rings. The van der Waals surface area contributed by atoms with Crippen molar-refractivity contribution in [1.29, 1.82) is 0 Å². The van der Waals surface area contributed by atoms with Crippen LogP contribution in [0.15, 0.2) is 0 Å². The van der Waals surface area contributed by atoms with Crippen molar-refractivity contribution in [2.24, 2.45) is 0 Å². The van der Waals surface area contributed by atoms with Gasteiger partial charge in [-0.25, -0.2) is 9.80 Å². The second kappa shape index (κ2) is 8.96. The van der Waals surface area contributed by atoms with Crippen molar-refractivity contribution in [1.82, 2.24) is 15.8 Å². The van der Waals surface area contributed by atoms with Crippen LogP contribution < -0.4 is 10.7 Å². The zero-order valence-corrected chi connectivity index (χ0v) is 9.95. The molecule has 0 fully saturated rings. The fraction of sp³-hybridized carbons (Fsp3) is 0.800. The van der Waals surface area contributed by atoms with Crippen LogP contribution in [0.5, 0.6) is 0 Å². The van der Waals surface area contributed by atoms with Gasteiger partial charge < -0.3 is 10.4 Å². The smallest absolute Gasteiger partial charge is 0.329 e. The lowest BCUT2D eigenvalue weighted by molar-refractivity contribution is -0.137. The number of urea groups is 1. The highest BCUT2D eigenvalue weighted by Crippen LogP contribution is 2.01. The average Bonchev–Trinajstić information content (AvgIpc) is 2.14. The number of unbranched alkanes of at least 4 members (excludes halogenated alkanes) is 3. The third-order valence-electron chi connectivity index (χ3n) is 1.93. The van der Waals surface area contributed by atoms with Crippen molar-refractivity contribution in [2.45, 2.75) is 32.1 Å². The molecule has 0 aliphatic rings. The molecule has 0 aromatic heterocycles. The molecule has 0 rings (SSSR count). The summed E-state index contributed by atoms with van der Waals surface area (Å²) in [5, 5.41) is 12.7. The highest BCUT2D eigenvalue weighted by molar-refractivity contribution is 5.73. The molecule has 2 amide bonds. The molecule has 0 saturated carbocycles. The van der Waals surface area contributed by atoms with E-state index in [-0.39, 0.29) is 12.5 Å². The van der Waals surface area contributed by atoms with Crippen LogP contribution in [0.4, 0.5) is 4.79 Å². The number of hydrogen-bond acceptors (Lipinski definition) is 3. The summed E-state index contributed by atoms with van der Waals surface area (Å²) in [5.41, 5.74) is 2.57. The Labute approximate surface area is 96.0 Å². The lowest BCUT2D eigenvalue weighted by Crippen LogP contribution is -2.43. The first kappa shape index (κ1) is 14.7. The number of aliphatic carboxylic acids is 1. The summed E-state index contributed by atoms with van der Waals surface area (Å²) in [6.45, 7) is 0.618. The van der Waals surface area contributed by atoms with Crippen molar-refractivity contribution in [3.05, 3.63) is 0 Å². The van der Waals surface area contributed by atoms with Gasteiger partial charge in [0.1, 0.15) is 0 Å². The summed E-state index contributed by atoms with van der Waals surface area (Å²) in [7, 11) is 3.48. The predicted octanol–water partition coefficient (Wildman–Crippen LogP) is 0.797. The average molecular weight is 231 g/mol. The van der Waals surface area contributed by atoms with E-state index in [9.17, 15) is 9.59 Å². The molecule has 0 heterocycles. The second-order valence-corrected chi connectivity index (χ2v) is 3.82.